The fraction of sp³-hybridized carbons (Fsp3) is 0.0189. The quantitative estimate of drug-likeness (QED) is 0.178. The molecule has 1 aliphatic carbocycles. The van der Waals surface area contributed by atoms with Gasteiger partial charge in [-0.2, -0.15) is 5.26 Å². The lowest BCUT2D eigenvalue weighted by Crippen LogP contribution is -2.31. The molecule has 274 valence electrons. The second-order valence-electron chi connectivity index (χ2n) is 15.0. The van der Waals surface area contributed by atoms with E-state index in [1.54, 1.807) is 0 Å². The van der Waals surface area contributed by atoms with Crippen molar-refractivity contribution in [3.05, 3.63) is 216 Å². The topological polar surface area (TPSA) is 67.4 Å². The van der Waals surface area contributed by atoms with E-state index in [0.29, 0.717) is 23.0 Å². The van der Waals surface area contributed by atoms with Gasteiger partial charge in [-0.05, 0) is 64.2 Å². The smallest absolute Gasteiger partial charge is 0.164 e. The molecule has 0 saturated heterocycles. The van der Waals surface area contributed by atoms with Crippen LogP contribution < -0.4 is 0 Å². The van der Waals surface area contributed by atoms with Gasteiger partial charge < -0.3 is 4.57 Å². The zero-order chi connectivity index (χ0) is 39.1. The van der Waals surface area contributed by atoms with E-state index in [1.807, 2.05) is 84.6 Å². The van der Waals surface area contributed by atoms with E-state index in [9.17, 15) is 5.26 Å². The van der Waals surface area contributed by atoms with Gasteiger partial charge in [-0.1, -0.05) is 163 Å². The van der Waals surface area contributed by atoms with Crippen molar-refractivity contribution < 1.29 is 0 Å². The lowest BCUT2D eigenvalue weighted by Gasteiger charge is -2.39. The Morgan fingerprint density at radius 2 is 1.03 bits per heavy atom. The normalized spacial score (nSPS) is 13.1. The Hall–Kier alpha value is -7.59. The van der Waals surface area contributed by atoms with Crippen LogP contribution in [0.3, 0.4) is 0 Å². The van der Waals surface area contributed by atoms with Gasteiger partial charge in [0.2, 0.25) is 0 Å². The number of benzene rings is 8. The second-order valence-corrected chi connectivity index (χ2v) is 16.1. The van der Waals surface area contributed by atoms with Crippen LogP contribution in [0.25, 0.3) is 72.8 Å². The zero-order valence-corrected chi connectivity index (χ0v) is 32.4. The molecule has 8 aromatic carbocycles. The Bertz CT molecular complexity index is 3280. The molecule has 0 bridgehead atoms. The molecule has 6 heteroatoms. The number of hydrogen-bond donors (Lipinski definition) is 0. The van der Waals surface area contributed by atoms with Crippen LogP contribution in [-0.2, 0) is 5.41 Å². The number of aromatic nitrogens is 4. The predicted molar refractivity (Wildman–Crippen MR) is 237 cm³/mol. The molecular formula is C53H31N5S. The molecule has 2 aromatic heterocycles. The van der Waals surface area contributed by atoms with Gasteiger partial charge in [-0.3, -0.25) is 0 Å². The molecule has 0 radical (unpaired) electrons. The largest absolute Gasteiger partial charge is 0.307 e. The van der Waals surface area contributed by atoms with Crippen molar-refractivity contribution in [2.75, 3.05) is 0 Å². The van der Waals surface area contributed by atoms with Crippen LogP contribution in [0.1, 0.15) is 27.8 Å². The molecule has 0 amide bonds. The lowest BCUT2D eigenvalue weighted by molar-refractivity contribution is 0.723. The van der Waals surface area contributed by atoms with E-state index in [4.69, 9.17) is 15.0 Å². The molecule has 0 atom stereocenters. The van der Waals surface area contributed by atoms with Crippen LogP contribution in [0.5, 0.6) is 0 Å². The third-order valence-corrected chi connectivity index (χ3v) is 13.1. The fourth-order valence-electron chi connectivity index (χ4n) is 9.54. The Kier molecular flexibility index (Phi) is 7.37. The van der Waals surface area contributed by atoms with Crippen molar-refractivity contribution in [2.45, 2.75) is 15.2 Å². The average molecular weight is 770 g/mol. The first kappa shape index (κ1) is 33.5. The van der Waals surface area contributed by atoms with Gasteiger partial charge in [0.05, 0.1) is 27.7 Å². The van der Waals surface area contributed by atoms with Crippen LogP contribution in [0.4, 0.5) is 0 Å². The van der Waals surface area contributed by atoms with Gasteiger partial charge in [0.1, 0.15) is 6.07 Å². The van der Waals surface area contributed by atoms with E-state index >= 15 is 0 Å². The highest BCUT2D eigenvalue weighted by molar-refractivity contribution is 7.99. The van der Waals surface area contributed by atoms with Gasteiger partial charge >= 0.3 is 0 Å². The van der Waals surface area contributed by atoms with Gasteiger partial charge in [-0.25, -0.2) is 15.0 Å². The molecule has 0 N–H and O–H groups in total. The summed E-state index contributed by atoms with van der Waals surface area (Å²) in [6.45, 7) is 0. The van der Waals surface area contributed by atoms with Gasteiger partial charge in [0.25, 0.3) is 0 Å². The number of nitriles is 1. The summed E-state index contributed by atoms with van der Waals surface area (Å²) in [5.41, 5.74) is 13.0. The number of para-hydroxylation sites is 1. The Balaban J connectivity index is 1.13. The molecule has 1 spiro atoms. The monoisotopic (exact) mass is 769 g/mol. The molecule has 0 unspecified atom stereocenters. The molecule has 59 heavy (non-hydrogen) atoms. The van der Waals surface area contributed by atoms with Crippen LogP contribution in [0, 0.1) is 11.3 Å². The number of nitrogens with zero attached hydrogens (tertiary/aromatic N) is 5. The van der Waals surface area contributed by atoms with Crippen LogP contribution in [-0.4, -0.2) is 19.5 Å². The Labute approximate surface area is 345 Å². The minimum atomic E-state index is -0.520. The molecule has 2 aliphatic rings. The van der Waals surface area contributed by atoms with Gasteiger partial charge in [0.15, 0.2) is 17.5 Å². The van der Waals surface area contributed by atoms with Crippen molar-refractivity contribution in [2.24, 2.45) is 0 Å². The second kappa shape index (κ2) is 13.0. The van der Waals surface area contributed by atoms with Crippen molar-refractivity contribution in [3.63, 3.8) is 0 Å². The third-order valence-electron chi connectivity index (χ3n) is 12.0. The first-order chi connectivity index (χ1) is 29.2. The molecule has 10 aromatic rings. The van der Waals surface area contributed by atoms with Crippen LogP contribution in [0.2, 0.25) is 0 Å². The van der Waals surface area contributed by atoms with Gasteiger partial charge in [-0.15, -0.1) is 0 Å². The number of hydrogen-bond acceptors (Lipinski definition) is 5. The van der Waals surface area contributed by atoms with Crippen molar-refractivity contribution in [1.82, 2.24) is 19.5 Å². The maximum atomic E-state index is 11.0. The van der Waals surface area contributed by atoms with E-state index in [1.165, 1.54) is 43.2 Å². The summed E-state index contributed by atoms with van der Waals surface area (Å²) >= 11 is 1.85. The summed E-state index contributed by atoms with van der Waals surface area (Å²) in [7, 11) is 0. The summed E-state index contributed by atoms with van der Waals surface area (Å²) in [6, 6.07) is 68.4. The molecule has 1 aliphatic heterocycles. The SMILES string of the molecule is N#Cc1cc(-c2nc(-c3ccccc3)nc(-c3ccccc3)n2)ccc1-n1c2ccccc2c2ccc3c(c21)-c1ccccc1C31c2ccccc2Sc2ccccc21. The fourth-order valence-corrected chi connectivity index (χ4v) is 10.7. The van der Waals surface area contributed by atoms with E-state index < -0.39 is 5.41 Å². The highest BCUT2D eigenvalue weighted by atomic mass is 32.2. The molecule has 0 saturated carbocycles. The summed E-state index contributed by atoms with van der Waals surface area (Å²) < 4.78 is 2.31. The van der Waals surface area contributed by atoms with E-state index in [2.05, 4.69) is 126 Å². The molecule has 3 heterocycles. The highest BCUT2D eigenvalue weighted by Crippen LogP contribution is 2.63. The number of rotatable bonds is 4. The van der Waals surface area contributed by atoms with Gasteiger partial charge in [0, 0.05) is 42.8 Å². The number of fused-ring (bicyclic) bond motifs is 13. The first-order valence-electron chi connectivity index (χ1n) is 19.7. The van der Waals surface area contributed by atoms with E-state index in [0.717, 1.165) is 44.2 Å². The molecular weight excluding hydrogens is 739 g/mol. The molecule has 5 nitrogen and oxygen atoms in total. The Morgan fingerprint density at radius 1 is 0.475 bits per heavy atom. The summed E-state index contributed by atoms with van der Waals surface area (Å²) in [4.78, 5) is 17.4. The van der Waals surface area contributed by atoms with E-state index in [-0.39, 0.29) is 0 Å². The highest BCUT2D eigenvalue weighted by Gasteiger charge is 2.51. The van der Waals surface area contributed by atoms with Crippen molar-refractivity contribution >= 4 is 33.6 Å². The zero-order valence-electron chi connectivity index (χ0n) is 31.5. The molecule has 12 rings (SSSR count). The minimum absolute atomic E-state index is 0.507. The Morgan fingerprint density at radius 3 is 1.69 bits per heavy atom. The minimum Gasteiger partial charge on any atom is -0.307 e. The summed E-state index contributed by atoms with van der Waals surface area (Å²) in [5.74, 6) is 1.66. The summed E-state index contributed by atoms with van der Waals surface area (Å²) in [5, 5.41) is 13.3. The van der Waals surface area contributed by atoms with Crippen LogP contribution >= 0.6 is 11.8 Å². The first-order valence-corrected chi connectivity index (χ1v) is 20.5. The lowest BCUT2D eigenvalue weighted by atomic mass is 9.67. The van der Waals surface area contributed by atoms with Crippen LogP contribution in [0.15, 0.2) is 198 Å². The van der Waals surface area contributed by atoms with Crippen molar-refractivity contribution in [3.8, 4) is 57.0 Å². The maximum Gasteiger partial charge on any atom is 0.164 e. The standard InChI is InChI=1S/C53H31N5S/c54-32-36-31-35(52-56-50(33-15-3-1-4-16-33)55-51(57-52)34-17-5-2-6-18-34)27-30-44(36)58-45-24-12-8-19-37(45)38-28-29-43-48(49(38)58)39-20-7-9-21-40(39)53(43)41-22-10-13-25-46(41)59-47-26-14-11-23-42(47)53/h1-31H. The average Bonchev–Trinajstić information content (AvgIpc) is 3.80. The third kappa shape index (κ3) is 4.83. The maximum absolute atomic E-state index is 11.0. The predicted octanol–water partition coefficient (Wildman–Crippen LogP) is 12.7. The van der Waals surface area contributed by atoms with Crippen molar-refractivity contribution in [1.29, 1.82) is 5.26 Å². The molecule has 0 fully saturated rings. The summed E-state index contributed by atoms with van der Waals surface area (Å²) in [6.07, 6.45) is 0.